The van der Waals surface area contributed by atoms with E-state index in [-0.39, 0.29) is 57.8 Å². The first-order valence-electron chi connectivity index (χ1n) is 8.79. The monoisotopic (exact) mass is 486 g/mol. The van der Waals surface area contributed by atoms with Crippen LogP contribution >= 0.6 is 0 Å². The molecule has 33 heavy (non-hydrogen) atoms. The normalized spacial score (nSPS) is 8.61. The van der Waals surface area contributed by atoms with Gasteiger partial charge in [0.15, 0.2) is 0 Å². The summed E-state index contributed by atoms with van der Waals surface area (Å²) in [6.07, 6.45) is 0.260. The lowest BCUT2D eigenvalue weighted by atomic mass is 10.2. The molecule has 0 unspecified atom stereocenters. The molecule has 0 bridgehead atoms. The first-order chi connectivity index (χ1) is 15.0. The van der Waals surface area contributed by atoms with Crippen molar-refractivity contribution < 1.29 is 79.2 Å². The van der Waals surface area contributed by atoms with Gasteiger partial charge in [0.1, 0.15) is 0 Å². The highest BCUT2D eigenvalue weighted by Crippen LogP contribution is 1.94. The molecule has 8 N–H and O–H groups in total. The first kappa shape index (κ1) is 36.2. The standard InChI is InChI=1S/3C5H8O4.C2H2O4/c3*6-4(7)2-1-3-5(8)9;3-1(4)2(5)6/h3*1-3H2,(H,6,7)(H,8,9);(H,3,4)(H,5,6). The molecule has 0 aromatic rings. The summed E-state index contributed by atoms with van der Waals surface area (Å²) in [7, 11) is 0. The van der Waals surface area contributed by atoms with Gasteiger partial charge in [-0.15, -0.1) is 0 Å². The molecular weight excluding hydrogens is 460 g/mol. The van der Waals surface area contributed by atoms with Gasteiger partial charge in [-0.1, -0.05) is 0 Å². The smallest absolute Gasteiger partial charge is 0.414 e. The third-order valence-electron chi connectivity index (χ3n) is 2.53. The molecule has 0 saturated heterocycles. The number of hydrogen-bond donors (Lipinski definition) is 8. The van der Waals surface area contributed by atoms with E-state index < -0.39 is 47.8 Å². The summed E-state index contributed by atoms with van der Waals surface area (Å²) < 4.78 is 0. The molecule has 0 aromatic heterocycles. The third-order valence-corrected chi connectivity index (χ3v) is 2.53. The van der Waals surface area contributed by atoms with Gasteiger partial charge < -0.3 is 40.9 Å². The number of hydrogen-bond acceptors (Lipinski definition) is 8. The lowest BCUT2D eigenvalue weighted by Gasteiger charge is -1.89. The fourth-order valence-corrected chi connectivity index (χ4v) is 1.17. The van der Waals surface area contributed by atoms with Crippen molar-refractivity contribution in [3.63, 3.8) is 0 Å². The van der Waals surface area contributed by atoms with Crippen molar-refractivity contribution in [2.75, 3.05) is 0 Å². The fraction of sp³-hybridized carbons (Fsp3) is 0.529. The zero-order chi connectivity index (χ0) is 27.0. The van der Waals surface area contributed by atoms with Crippen LogP contribution in [0.1, 0.15) is 57.8 Å². The molecule has 0 radical (unpaired) electrons. The topological polar surface area (TPSA) is 298 Å². The SMILES string of the molecule is O=C(O)C(=O)O.O=C(O)CCCC(=O)O.O=C(O)CCCC(=O)O.O=C(O)CCCC(=O)O. The van der Waals surface area contributed by atoms with Crippen LogP contribution in [0.15, 0.2) is 0 Å². The van der Waals surface area contributed by atoms with Crippen LogP contribution in [0.25, 0.3) is 0 Å². The van der Waals surface area contributed by atoms with Crippen molar-refractivity contribution >= 4 is 47.8 Å². The molecule has 0 amide bonds. The third kappa shape index (κ3) is 58.4. The summed E-state index contributed by atoms with van der Waals surface area (Å²) in [4.78, 5) is 76.9. The molecule has 16 heteroatoms. The molecule has 0 aliphatic rings. The van der Waals surface area contributed by atoms with E-state index in [0.29, 0.717) is 0 Å². The van der Waals surface area contributed by atoms with Gasteiger partial charge in [0.05, 0.1) is 0 Å². The Hall–Kier alpha value is -4.24. The summed E-state index contributed by atoms with van der Waals surface area (Å²) in [6.45, 7) is 0. The van der Waals surface area contributed by atoms with Crippen LogP contribution in [-0.4, -0.2) is 88.6 Å². The van der Waals surface area contributed by atoms with Gasteiger partial charge in [-0.3, -0.25) is 28.8 Å². The maximum atomic E-state index is 9.79. The zero-order valence-electron chi connectivity index (χ0n) is 17.2. The molecule has 0 aliphatic heterocycles. The molecule has 190 valence electrons. The van der Waals surface area contributed by atoms with Crippen molar-refractivity contribution in [2.24, 2.45) is 0 Å². The van der Waals surface area contributed by atoms with E-state index >= 15 is 0 Å². The highest BCUT2D eigenvalue weighted by atomic mass is 16.4. The Morgan fingerprint density at radius 2 is 0.424 bits per heavy atom. The van der Waals surface area contributed by atoms with Crippen LogP contribution in [-0.2, 0) is 38.4 Å². The number of carbonyl (C=O) groups is 8. The van der Waals surface area contributed by atoms with Gasteiger partial charge in [0, 0.05) is 38.5 Å². The summed E-state index contributed by atoms with van der Waals surface area (Å²) >= 11 is 0. The van der Waals surface area contributed by atoms with Crippen molar-refractivity contribution in [1.29, 1.82) is 0 Å². The number of rotatable bonds is 12. The Labute approximate surface area is 185 Å². The van der Waals surface area contributed by atoms with Crippen LogP contribution in [0.5, 0.6) is 0 Å². The van der Waals surface area contributed by atoms with Crippen molar-refractivity contribution in [1.82, 2.24) is 0 Å². The van der Waals surface area contributed by atoms with E-state index in [1.54, 1.807) is 0 Å². The van der Waals surface area contributed by atoms with E-state index in [1.165, 1.54) is 0 Å². The fourth-order valence-electron chi connectivity index (χ4n) is 1.17. The largest absolute Gasteiger partial charge is 0.481 e. The van der Waals surface area contributed by atoms with Gasteiger partial charge in [-0.2, -0.15) is 0 Å². The average molecular weight is 486 g/mol. The minimum Gasteiger partial charge on any atom is -0.481 e. The van der Waals surface area contributed by atoms with E-state index in [9.17, 15) is 28.8 Å². The molecule has 0 saturated carbocycles. The molecule has 0 atom stereocenters. The van der Waals surface area contributed by atoms with E-state index in [4.69, 9.17) is 50.4 Å². The number of carboxylic acids is 8. The lowest BCUT2D eigenvalue weighted by molar-refractivity contribution is -0.159. The average Bonchev–Trinajstić information content (AvgIpc) is 2.61. The van der Waals surface area contributed by atoms with Crippen molar-refractivity contribution in [2.45, 2.75) is 57.8 Å². The molecule has 0 aliphatic carbocycles. The molecular formula is C17H26O16. The van der Waals surface area contributed by atoms with Gasteiger partial charge in [0.2, 0.25) is 0 Å². The second kappa shape index (κ2) is 24.0. The molecule has 0 heterocycles. The molecule has 16 nitrogen and oxygen atoms in total. The Kier molecular flexibility index (Phi) is 26.3. The Morgan fingerprint density at radius 3 is 0.485 bits per heavy atom. The summed E-state index contributed by atoms with van der Waals surface area (Å²) in [5, 5.41) is 63.0. The van der Waals surface area contributed by atoms with Gasteiger partial charge in [-0.05, 0) is 19.3 Å². The Balaban J connectivity index is -0.000000172. The van der Waals surface area contributed by atoms with Gasteiger partial charge >= 0.3 is 47.8 Å². The van der Waals surface area contributed by atoms with Crippen molar-refractivity contribution in [3.05, 3.63) is 0 Å². The van der Waals surface area contributed by atoms with Crippen LogP contribution in [0.2, 0.25) is 0 Å². The molecule has 0 fully saturated rings. The highest BCUT2D eigenvalue weighted by molar-refractivity contribution is 6.27. The minimum atomic E-state index is -1.82. The maximum absolute atomic E-state index is 9.79. The zero-order valence-corrected chi connectivity index (χ0v) is 17.2. The molecule has 0 rings (SSSR count). The lowest BCUT2D eigenvalue weighted by Crippen LogP contribution is -2.09. The summed E-state index contributed by atoms with van der Waals surface area (Å²) in [5.74, 6) is -9.34. The molecule has 0 spiro atoms. The predicted molar refractivity (Wildman–Crippen MR) is 103 cm³/mol. The first-order valence-corrected chi connectivity index (χ1v) is 8.79. The Bertz CT molecular complexity index is 541. The Morgan fingerprint density at radius 1 is 0.303 bits per heavy atom. The molecule has 0 aromatic carbocycles. The predicted octanol–water partition coefficient (Wildman–Crippen LogP) is 0.133. The second-order valence-corrected chi connectivity index (χ2v) is 5.53. The van der Waals surface area contributed by atoms with E-state index in [2.05, 4.69) is 0 Å². The van der Waals surface area contributed by atoms with Crippen LogP contribution < -0.4 is 0 Å². The van der Waals surface area contributed by atoms with Gasteiger partial charge in [-0.25, -0.2) is 9.59 Å². The van der Waals surface area contributed by atoms with Crippen LogP contribution in [0.4, 0.5) is 0 Å². The summed E-state index contributed by atoms with van der Waals surface area (Å²) in [6, 6.07) is 0. The van der Waals surface area contributed by atoms with Crippen LogP contribution in [0.3, 0.4) is 0 Å². The number of carboxylic acid groups (broad SMARTS) is 8. The second-order valence-electron chi connectivity index (χ2n) is 5.53. The van der Waals surface area contributed by atoms with Crippen LogP contribution in [0, 0.1) is 0 Å². The van der Waals surface area contributed by atoms with Gasteiger partial charge in [0.25, 0.3) is 0 Å². The summed E-state index contributed by atoms with van der Waals surface area (Å²) in [5.41, 5.74) is 0. The van der Waals surface area contributed by atoms with E-state index in [1.807, 2.05) is 0 Å². The number of aliphatic carboxylic acids is 8. The van der Waals surface area contributed by atoms with E-state index in [0.717, 1.165) is 0 Å². The highest BCUT2D eigenvalue weighted by Gasteiger charge is 2.04. The van der Waals surface area contributed by atoms with Crippen molar-refractivity contribution in [3.8, 4) is 0 Å². The maximum Gasteiger partial charge on any atom is 0.414 e. The quantitative estimate of drug-likeness (QED) is 0.170. The minimum absolute atomic E-state index is 0.0632.